The van der Waals surface area contributed by atoms with E-state index in [1.807, 2.05) is 45.9 Å². The third kappa shape index (κ3) is 3.78. The summed E-state index contributed by atoms with van der Waals surface area (Å²) in [6.45, 7) is 9.63. The van der Waals surface area contributed by atoms with Crippen molar-refractivity contribution >= 4 is 33.7 Å². The van der Waals surface area contributed by atoms with Gasteiger partial charge in [0.2, 0.25) is 0 Å². The Morgan fingerprint density at radius 1 is 1.17 bits per heavy atom. The average molecular weight is 409 g/mol. The van der Waals surface area contributed by atoms with Gasteiger partial charge in [0, 0.05) is 19.8 Å². The number of aromatic hydroxyl groups is 1. The second kappa shape index (κ2) is 6.81. The van der Waals surface area contributed by atoms with Crippen LogP contribution in [-0.4, -0.2) is 16.2 Å². The van der Waals surface area contributed by atoms with Crippen LogP contribution in [0.5, 0.6) is 5.75 Å². The van der Waals surface area contributed by atoms with Gasteiger partial charge in [-0.2, -0.15) is 0 Å². The molecule has 0 heterocycles. The number of rotatable bonds is 3. The summed E-state index contributed by atoms with van der Waals surface area (Å²) in [6, 6.07) is 7.93. The van der Waals surface area contributed by atoms with Crippen LogP contribution in [-0.2, 0) is 5.41 Å². The van der Waals surface area contributed by atoms with Crippen molar-refractivity contribution in [3.8, 4) is 5.75 Å². The summed E-state index contributed by atoms with van der Waals surface area (Å²) in [5.41, 5.74) is 1.97. The van der Waals surface area contributed by atoms with Crippen molar-refractivity contribution in [2.45, 2.75) is 49.8 Å². The average Bonchev–Trinajstić information content (AvgIpc) is 2.44. The second-order valence-corrected chi connectivity index (χ2v) is 8.81. The van der Waals surface area contributed by atoms with Gasteiger partial charge < -0.3 is 10.2 Å². The summed E-state index contributed by atoms with van der Waals surface area (Å²) >= 11 is 5.00. The number of phenols is 1. The van der Waals surface area contributed by atoms with E-state index in [1.165, 1.54) is 11.8 Å². The van der Waals surface area contributed by atoms with E-state index in [9.17, 15) is 15.0 Å². The molecule has 2 N–H and O–H groups in total. The lowest BCUT2D eigenvalue weighted by atomic mass is 9.84. The van der Waals surface area contributed by atoms with Gasteiger partial charge in [0.15, 0.2) is 0 Å². The first-order chi connectivity index (χ1) is 11.0. The Morgan fingerprint density at radius 3 is 2.29 bits per heavy atom. The number of aryl methyl sites for hydroxylation is 1. The maximum atomic E-state index is 11.6. The molecule has 128 valence electrons. The Balaban J connectivity index is 2.62. The molecule has 0 fully saturated rings. The normalized spacial score (nSPS) is 11.6. The highest BCUT2D eigenvalue weighted by Gasteiger charge is 2.26. The lowest BCUT2D eigenvalue weighted by Gasteiger charge is -2.24. The number of hydrogen-bond acceptors (Lipinski definition) is 3. The SMILES string of the molecule is Cc1cc(Sc2cc(C(C)(C)C)c(O)c(C(=O)O)c2C)ccc1Br. The lowest BCUT2D eigenvalue weighted by molar-refractivity contribution is 0.0692. The molecular formula is C19H21BrO3S. The molecule has 3 nitrogen and oxygen atoms in total. The van der Waals surface area contributed by atoms with E-state index in [4.69, 9.17) is 0 Å². The summed E-state index contributed by atoms with van der Waals surface area (Å²) in [5, 5.41) is 20.0. The Kier molecular flexibility index (Phi) is 5.35. The van der Waals surface area contributed by atoms with Crippen LogP contribution in [0.4, 0.5) is 0 Å². The van der Waals surface area contributed by atoms with Crippen LogP contribution in [0.3, 0.4) is 0 Å². The predicted octanol–water partition coefficient (Wildman–Crippen LogP) is 5.92. The topological polar surface area (TPSA) is 57.5 Å². The molecule has 2 aromatic carbocycles. The zero-order valence-electron chi connectivity index (χ0n) is 14.4. The van der Waals surface area contributed by atoms with Crippen molar-refractivity contribution in [2.24, 2.45) is 0 Å². The molecule has 2 aromatic rings. The van der Waals surface area contributed by atoms with Gasteiger partial charge in [0.05, 0.1) is 0 Å². The molecule has 2 rings (SSSR count). The molecule has 0 radical (unpaired) electrons. The van der Waals surface area contributed by atoms with Gasteiger partial charge in [-0.1, -0.05) is 48.5 Å². The van der Waals surface area contributed by atoms with Gasteiger partial charge in [-0.15, -0.1) is 0 Å². The molecule has 0 saturated heterocycles. The van der Waals surface area contributed by atoms with E-state index in [2.05, 4.69) is 22.0 Å². The minimum absolute atomic E-state index is 0.0150. The molecule has 24 heavy (non-hydrogen) atoms. The zero-order chi connectivity index (χ0) is 18.2. The van der Waals surface area contributed by atoms with Crippen LogP contribution in [0.1, 0.15) is 47.8 Å². The monoisotopic (exact) mass is 408 g/mol. The van der Waals surface area contributed by atoms with Crippen LogP contribution in [0.2, 0.25) is 0 Å². The fourth-order valence-corrected chi connectivity index (χ4v) is 3.79. The van der Waals surface area contributed by atoms with Gasteiger partial charge >= 0.3 is 5.97 Å². The van der Waals surface area contributed by atoms with E-state index < -0.39 is 5.97 Å². The van der Waals surface area contributed by atoms with Crippen LogP contribution in [0, 0.1) is 13.8 Å². The third-order valence-electron chi connectivity index (χ3n) is 3.89. The Morgan fingerprint density at radius 2 is 1.79 bits per heavy atom. The third-order valence-corrected chi connectivity index (χ3v) is 5.91. The fraction of sp³-hybridized carbons (Fsp3) is 0.316. The molecule has 0 atom stereocenters. The number of hydrogen-bond donors (Lipinski definition) is 2. The quantitative estimate of drug-likeness (QED) is 0.661. The molecule has 0 aromatic heterocycles. The summed E-state index contributed by atoms with van der Waals surface area (Å²) in [5.74, 6) is -1.24. The number of benzene rings is 2. The maximum absolute atomic E-state index is 11.6. The summed E-state index contributed by atoms with van der Waals surface area (Å²) in [4.78, 5) is 13.5. The van der Waals surface area contributed by atoms with E-state index in [1.54, 1.807) is 6.92 Å². The number of carboxylic acids is 1. The first-order valence-electron chi connectivity index (χ1n) is 7.56. The first kappa shape index (κ1) is 18.9. The number of carbonyl (C=O) groups is 1. The van der Waals surface area contributed by atoms with E-state index in [-0.39, 0.29) is 16.7 Å². The molecule has 5 heteroatoms. The van der Waals surface area contributed by atoms with Gasteiger partial charge in [0.25, 0.3) is 0 Å². The van der Waals surface area contributed by atoms with Crippen molar-refractivity contribution in [1.29, 1.82) is 0 Å². The van der Waals surface area contributed by atoms with Crippen LogP contribution in [0.15, 0.2) is 38.5 Å². The van der Waals surface area contributed by atoms with Crippen LogP contribution >= 0.6 is 27.7 Å². The number of aromatic carboxylic acids is 1. The Labute approximate surface area is 155 Å². The number of halogens is 1. The largest absolute Gasteiger partial charge is 0.507 e. The predicted molar refractivity (Wildman–Crippen MR) is 102 cm³/mol. The highest BCUT2D eigenvalue weighted by Crippen LogP contribution is 2.42. The molecule has 0 aliphatic heterocycles. The summed E-state index contributed by atoms with van der Waals surface area (Å²) in [6.07, 6.45) is 0. The van der Waals surface area contributed by atoms with Gasteiger partial charge in [0.1, 0.15) is 11.3 Å². The van der Waals surface area contributed by atoms with E-state index in [0.717, 1.165) is 19.8 Å². The van der Waals surface area contributed by atoms with E-state index >= 15 is 0 Å². The smallest absolute Gasteiger partial charge is 0.339 e. The summed E-state index contributed by atoms with van der Waals surface area (Å²) in [7, 11) is 0. The standard InChI is InChI=1S/C19H21BrO3S/c1-10-8-12(6-7-14(10)20)24-15-9-13(19(3,4)5)17(21)16(11(15)2)18(22)23/h6-9,21H,1-5H3,(H,22,23). The first-order valence-corrected chi connectivity index (χ1v) is 9.17. The van der Waals surface area contributed by atoms with Crippen molar-refractivity contribution in [2.75, 3.05) is 0 Å². The minimum atomic E-state index is -1.11. The highest BCUT2D eigenvalue weighted by atomic mass is 79.9. The van der Waals surface area contributed by atoms with Crippen molar-refractivity contribution < 1.29 is 15.0 Å². The molecule has 0 amide bonds. The second-order valence-electron chi connectivity index (χ2n) is 6.84. The molecule has 0 aliphatic carbocycles. The molecule has 0 aliphatic rings. The molecule has 0 saturated carbocycles. The fourth-order valence-electron chi connectivity index (χ4n) is 2.49. The van der Waals surface area contributed by atoms with E-state index in [0.29, 0.717) is 11.1 Å². The minimum Gasteiger partial charge on any atom is -0.507 e. The summed E-state index contributed by atoms with van der Waals surface area (Å²) < 4.78 is 1.04. The lowest BCUT2D eigenvalue weighted by Crippen LogP contribution is -2.14. The van der Waals surface area contributed by atoms with Crippen molar-refractivity contribution in [1.82, 2.24) is 0 Å². The van der Waals surface area contributed by atoms with Crippen LogP contribution in [0.25, 0.3) is 0 Å². The molecular weight excluding hydrogens is 388 g/mol. The van der Waals surface area contributed by atoms with Gasteiger partial charge in [-0.25, -0.2) is 4.79 Å². The maximum Gasteiger partial charge on any atom is 0.339 e. The van der Waals surface area contributed by atoms with Crippen molar-refractivity contribution in [3.05, 3.63) is 51.0 Å². The molecule has 0 spiro atoms. The number of carboxylic acid groups (broad SMARTS) is 1. The Hall–Kier alpha value is -1.46. The zero-order valence-corrected chi connectivity index (χ0v) is 16.8. The van der Waals surface area contributed by atoms with Gasteiger partial charge in [-0.3, -0.25) is 0 Å². The van der Waals surface area contributed by atoms with Gasteiger partial charge in [-0.05, 0) is 54.7 Å². The molecule has 0 bridgehead atoms. The van der Waals surface area contributed by atoms with Crippen LogP contribution < -0.4 is 0 Å². The van der Waals surface area contributed by atoms with Crippen molar-refractivity contribution in [3.63, 3.8) is 0 Å². The highest BCUT2D eigenvalue weighted by molar-refractivity contribution is 9.10. The molecule has 0 unspecified atom stereocenters. The Bertz CT molecular complexity index is 807.